The third-order valence-electron chi connectivity index (χ3n) is 22.3. The van der Waals surface area contributed by atoms with Crippen LogP contribution in [0.25, 0.3) is 43.6 Å². The molecule has 3 aliphatic rings. The number of hydrogen-bond acceptors (Lipinski definition) is 14. The molecule has 0 radical (unpaired) electrons. The summed E-state index contributed by atoms with van der Waals surface area (Å²) in [5.74, 6) is -0.476. The molecule has 8 aromatic carbocycles. The summed E-state index contributed by atoms with van der Waals surface area (Å²) in [7, 11) is 6.48. The second-order valence-electron chi connectivity index (χ2n) is 30.9. The average molecular weight is 1730 g/mol. The van der Waals surface area contributed by atoms with E-state index >= 15 is 0 Å². The zero-order valence-electron chi connectivity index (χ0n) is 67.3. The lowest BCUT2D eigenvalue weighted by molar-refractivity contribution is -0.384. The normalized spacial score (nSPS) is 16.2. The van der Waals surface area contributed by atoms with Crippen LogP contribution in [-0.4, -0.2) is 133 Å². The lowest BCUT2D eigenvalue weighted by Crippen LogP contribution is -2.26. The second kappa shape index (κ2) is 38.6. The Morgan fingerprint density at radius 2 is 0.805 bits per heavy atom. The average Bonchev–Trinajstić information content (AvgIpc) is 1.64. The fraction of sp³-hybridized carbons (Fsp3) is 0.322. The molecule has 0 aliphatic carbocycles. The number of nitro groups is 2. The van der Waals surface area contributed by atoms with Gasteiger partial charge in [0.1, 0.15) is 28.8 Å². The highest BCUT2D eigenvalue weighted by molar-refractivity contribution is 7.12. The number of ether oxygens (including phenoxy) is 4. The number of fused-ring (bicyclic) bond motifs is 4. The van der Waals surface area contributed by atoms with Crippen LogP contribution in [0.4, 0.5) is 75.4 Å². The molecule has 16 rings (SSSR count). The topological polar surface area (TPSA) is 228 Å². The van der Waals surface area contributed by atoms with E-state index in [1.165, 1.54) is 111 Å². The van der Waals surface area contributed by atoms with Crippen molar-refractivity contribution in [1.82, 2.24) is 33.4 Å². The molecule has 3 saturated heterocycles. The first kappa shape index (κ1) is 88.7. The number of nitrogens with one attached hydrogen (secondary N) is 1. The molecule has 3 aliphatic heterocycles. The molecule has 648 valence electrons. The van der Waals surface area contributed by atoms with E-state index < -0.39 is 35.3 Å². The number of aromatic amines is 1. The number of benzene rings is 8. The van der Waals surface area contributed by atoms with Gasteiger partial charge in [-0.3, -0.25) is 20.2 Å². The van der Waals surface area contributed by atoms with Crippen LogP contribution in [0.1, 0.15) is 108 Å². The number of H-pyrrole nitrogens is 1. The summed E-state index contributed by atoms with van der Waals surface area (Å²) >= 11 is 1.55. The molecule has 0 bridgehead atoms. The van der Waals surface area contributed by atoms with E-state index in [2.05, 4.69) is 96.7 Å². The van der Waals surface area contributed by atoms with Gasteiger partial charge in [0, 0.05) is 160 Å². The van der Waals surface area contributed by atoms with Gasteiger partial charge in [0.15, 0.2) is 0 Å². The molecule has 3 fully saturated rings. The van der Waals surface area contributed by atoms with Crippen molar-refractivity contribution in [3.05, 3.63) is 282 Å². The molecule has 0 amide bonds. The van der Waals surface area contributed by atoms with Gasteiger partial charge in [-0.05, 0) is 254 Å². The molecule has 3 atom stereocenters. The number of aliphatic imine (C=N–C) groups is 1. The van der Waals surface area contributed by atoms with Crippen LogP contribution in [0, 0.1) is 20.2 Å². The number of amidine groups is 1. The van der Waals surface area contributed by atoms with Crippen LogP contribution >= 0.6 is 11.3 Å². The molecule has 5 N–H and O–H groups in total. The number of halogens is 12. The van der Waals surface area contributed by atoms with E-state index in [0.29, 0.717) is 55.0 Å². The fourth-order valence-electron chi connectivity index (χ4n) is 16.3. The molecular weight excluding hydrogens is 1640 g/mol. The number of aryl methyl sites for hydroxylation is 3. The minimum Gasteiger partial charge on any atom is -0.406 e. The van der Waals surface area contributed by atoms with Gasteiger partial charge in [-0.1, -0.05) is 54.6 Å². The highest BCUT2D eigenvalue weighted by Crippen LogP contribution is 2.36. The van der Waals surface area contributed by atoms with E-state index in [4.69, 9.17) is 11.5 Å². The molecule has 123 heavy (non-hydrogen) atoms. The summed E-state index contributed by atoms with van der Waals surface area (Å²) in [4.78, 5) is 37.0. The van der Waals surface area contributed by atoms with Crippen LogP contribution < -0.4 is 30.4 Å². The Kier molecular flexibility index (Phi) is 27.8. The molecule has 3 unspecified atom stereocenters. The van der Waals surface area contributed by atoms with Crippen molar-refractivity contribution in [2.24, 2.45) is 10.7 Å². The number of nitrogen functional groups attached to an aromatic ring is 1. The van der Waals surface area contributed by atoms with Gasteiger partial charge >= 0.3 is 25.4 Å². The number of nitrogens with zero attached hydrogens (tertiary/aromatic N) is 9. The van der Waals surface area contributed by atoms with Gasteiger partial charge in [-0.15, -0.1) is 64.0 Å². The van der Waals surface area contributed by atoms with Crippen LogP contribution in [0.15, 0.2) is 217 Å². The fourth-order valence-corrected chi connectivity index (χ4v) is 17.0. The Balaban J connectivity index is 0.000000143. The van der Waals surface area contributed by atoms with Crippen molar-refractivity contribution in [2.45, 2.75) is 147 Å². The van der Waals surface area contributed by atoms with Crippen LogP contribution in [-0.2, 0) is 45.3 Å². The lowest BCUT2D eigenvalue weighted by Gasteiger charge is -2.21. The Morgan fingerprint density at radius 3 is 1.17 bits per heavy atom. The van der Waals surface area contributed by atoms with Crippen molar-refractivity contribution in [2.75, 3.05) is 46.5 Å². The number of aromatic nitrogens is 4. The monoisotopic (exact) mass is 1730 g/mol. The number of rotatable bonds is 25. The molecule has 20 nitrogen and oxygen atoms in total. The third-order valence-corrected chi connectivity index (χ3v) is 23.2. The Bertz CT molecular complexity index is 5790. The van der Waals surface area contributed by atoms with E-state index in [0.717, 1.165) is 164 Å². The molecule has 8 heterocycles. The SMILES string of the molecule is CN1CCCC1CCn1c(Cc2ccc(OC(F)(F)F)cc2)cc2cc(N)ccc21.CN1CCCC1CCn1c(Cc2ccc(OC(F)(F)F)cc2)cc2cc(N=C(N)c3cccs3)ccc21.CN1CCCC1CCn1c(Cc2ccc(OC(F)(F)F)cc2)cc2cc([N+](=O)[O-])ccc21.O=[N+]([O-])c1ccc2[nH]c(Cc3ccc(OC(F)(F)F)cc3)cc2c1. The predicted octanol–water partition coefficient (Wildman–Crippen LogP) is 22.0. The summed E-state index contributed by atoms with van der Waals surface area (Å²) in [5, 5.41) is 27.6. The number of hydrogen-bond donors (Lipinski definition) is 3. The molecule has 0 spiro atoms. The van der Waals surface area contributed by atoms with Crippen molar-refractivity contribution in [3.63, 3.8) is 0 Å². The number of nitro benzene ring substituents is 2. The minimum atomic E-state index is -4.73. The van der Waals surface area contributed by atoms with E-state index in [9.17, 15) is 72.9 Å². The highest BCUT2D eigenvalue weighted by atomic mass is 32.1. The van der Waals surface area contributed by atoms with Gasteiger partial charge < -0.3 is 63.8 Å². The number of alkyl halides is 12. The molecular formula is C90H90F12N12O8S. The maximum Gasteiger partial charge on any atom is 0.573 e. The second-order valence-corrected chi connectivity index (χ2v) is 31.8. The van der Waals surface area contributed by atoms with Crippen molar-refractivity contribution >= 4 is 83.5 Å². The number of non-ortho nitro benzene ring substituents is 2. The first-order chi connectivity index (χ1) is 58.5. The smallest absolute Gasteiger partial charge is 0.406 e. The summed E-state index contributed by atoms with van der Waals surface area (Å²) in [6.07, 6.45) is -6.37. The Morgan fingerprint density at radius 1 is 0.447 bits per heavy atom. The lowest BCUT2D eigenvalue weighted by atomic mass is 10.1. The zero-order valence-corrected chi connectivity index (χ0v) is 68.1. The standard InChI is InChI=1S/C28H29F3N4OS.C23H24F3N3O3.C23H26F3N3O.C16H11F3N2O3/c1-34-13-2-4-22(34)12-14-35-23(16-19-6-9-24(10-7-19)36-28(29,30)31)18-20-17-21(8-11-25(20)35)33-27(32)26-5-3-15-37-26;1-27-11-2-3-18(27)10-12-28-20(15-17-14-19(29(30)31)6-9-22(17)28)13-16-4-7-21(8-5-16)32-23(24,25)26;1-28-11-2-3-19(28)10-12-29-20(15-17-14-18(27)6-9-22(17)29)13-16-4-7-21(8-5-16)30-23(24,25)26;17-16(18,19)24-14-4-1-10(2-5-14)7-12-8-11-9-13(21(22)23)3-6-15(11)20-12/h3,5-11,15,17-18,22H,2,4,12-14,16H2,1H3,(H2,32,33);4-9,14-15,18H,2-3,10-13H2,1H3;4-9,14-15,19H,2-3,10-13,27H2,1H3;1-6,8-9,20H,7H2. The minimum absolute atomic E-state index is 0.00158. The quantitative estimate of drug-likeness (QED) is 0.0121. The predicted molar refractivity (Wildman–Crippen MR) is 451 cm³/mol. The molecule has 33 heteroatoms. The largest absolute Gasteiger partial charge is 0.573 e. The third kappa shape index (κ3) is 24.6. The molecule has 13 aromatic rings. The van der Waals surface area contributed by atoms with Crippen molar-refractivity contribution in [1.29, 1.82) is 0 Å². The van der Waals surface area contributed by atoms with E-state index in [-0.39, 0.29) is 34.4 Å². The van der Waals surface area contributed by atoms with Crippen molar-refractivity contribution < 1.29 is 81.5 Å². The Labute approximate surface area is 703 Å². The van der Waals surface area contributed by atoms with Gasteiger partial charge in [-0.25, -0.2) is 4.99 Å². The van der Waals surface area contributed by atoms with Crippen molar-refractivity contribution in [3.8, 4) is 23.0 Å². The first-order valence-corrected chi connectivity index (χ1v) is 40.8. The summed E-state index contributed by atoms with van der Waals surface area (Å²) < 4.78 is 171. The summed E-state index contributed by atoms with van der Waals surface area (Å²) in [5.41, 5.74) is 25.1. The van der Waals surface area contributed by atoms with Gasteiger partial charge in [0.05, 0.1) is 20.4 Å². The zero-order chi connectivity index (χ0) is 87.5. The van der Waals surface area contributed by atoms with Crippen LogP contribution in [0.2, 0.25) is 0 Å². The molecule has 0 saturated carbocycles. The highest BCUT2D eigenvalue weighted by Gasteiger charge is 2.35. The number of thiophene rings is 1. The summed E-state index contributed by atoms with van der Waals surface area (Å²) in [6.45, 7) is 5.88. The maximum absolute atomic E-state index is 12.5. The number of anilines is 1. The maximum atomic E-state index is 12.5. The Hall–Kier alpha value is -12.1. The first-order valence-electron chi connectivity index (χ1n) is 39.9. The van der Waals surface area contributed by atoms with Gasteiger partial charge in [0.25, 0.3) is 11.4 Å². The van der Waals surface area contributed by atoms with Crippen LogP contribution in [0.5, 0.6) is 23.0 Å². The van der Waals surface area contributed by atoms with E-state index in [1.54, 1.807) is 72.0 Å². The number of likely N-dealkylation sites (tertiary alicyclic amines) is 3. The van der Waals surface area contributed by atoms with Crippen LogP contribution in [0.3, 0.4) is 0 Å². The summed E-state index contributed by atoms with van der Waals surface area (Å²) in [6, 6.07) is 58.5. The van der Waals surface area contributed by atoms with Gasteiger partial charge in [-0.2, -0.15) is 0 Å². The van der Waals surface area contributed by atoms with E-state index in [1.807, 2.05) is 53.9 Å². The molecule has 5 aromatic heterocycles. The van der Waals surface area contributed by atoms with Gasteiger partial charge in [0.2, 0.25) is 0 Å². The number of nitrogens with two attached hydrogens (primary N) is 2.